The number of hydrogen-bond acceptors (Lipinski definition) is 9. The van der Waals surface area contributed by atoms with Crippen LogP contribution in [0.4, 0.5) is 19.0 Å². The normalized spacial score (nSPS) is 24.2. The summed E-state index contributed by atoms with van der Waals surface area (Å²) in [5, 5.41) is 2.50. The number of hydrogen-bond donors (Lipinski definition) is 1. The quantitative estimate of drug-likeness (QED) is 0.495. The van der Waals surface area contributed by atoms with Crippen molar-refractivity contribution in [3.63, 3.8) is 0 Å². The number of nitrogens with one attached hydrogen (secondary N) is 1. The molecule has 4 heterocycles. The standard InChI is InChI=1S/C25H30ClF3N6O4S/c26-18-2-3-19-17(1-4-21(33-19)35-7-11-40(37,38)12-8-35)22(18)23(36)30-15-20(34-5-9-39-10-6-34)16-13-31-24(32-14-16)25(27,28)29/h1,4,13-14,18,20,22H,2-3,5-12,15H2,(H,30,36). The number of sulfone groups is 1. The number of aromatic nitrogens is 3. The number of fused-ring (bicyclic) bond motifs is 1. The van der Waals surface area contributed by atoms with E-state index in [9.17, 15) is 26.4 Å². The fourth-order valence-corrected chi connectivity index (χ4v) is 6.91. The predicted octanol–water partition coefficient (Wildman–Crippen LogP) is 1.95. The van der Waals surface area contributed by atoms with E-state index in [-0.39, 0.29) is 24.0 Å². The van der Waals surface area contributed by atoms with Gasteiger partial charge in [-0.15, -0.1) is 11.6 Å². The highest BCUT2D eigenvalue weighted by atomic mass is 35.5. The van der Waals surface area contributed by atoms with Gasteiger partial charge in [-0.1, -0.05) is 6.07 Å². The summed E-state index contributed by atoms with van der Waals surface area (Å²) in [7, 11) is -3.03. The molecule has 2 aliphatic heterocycles. The molecule has 10 nitrogen and oxygen atoms in total. The average Bonchev–Trinajstić information content (AvgIpc) is 2.93. The van der Waals surface area contributed by atoms with E-state index in [1.807, 2.05) is 15.9 Å². The predicted molar refractivity (Wildman–Crippen MR) is 141 cm³/mol. The highest BCUT2D eigenvalue weighted by Crippen LogP contribution is 2.36. The molecule has 2 saturated heterocycles. The Morgan fingerprint density at radius 3 is 2.45 bits per heavy atom. The van der Waals surface area contributed by atoms with Crippen molar-refractivity contribution in [3.05, 3.63) is 47.2 Å². The smallest absolute Gasteiger partial charge is 0.379 e. The average molecular weight is 603 g/mol. The molecule has 0 spiro atoms. The third kappa shape index (κ3) is 6.50. The Hall–Kier alpha value is -2.55. The molecule has 3 atom stereocenters. The van der Waals surface area contributed by atoms with Gasteiger partial charge >= 0.3 is 6.18 Å². The summed E-state index contributed by atoms with van der Waals surface area (Å²) in [4.78, 5) is 29.2. The van der Waals surface area contributed by atoms with Crippen LogP contribution in [0.3, 0.4) is 0 Å². The maximum Gasteiger partial charge on any atom is 0.451 e. The molecule has 3 unspecified atom stereocenters. The van der Waals surface area contributed by atoms with Gasteiger partial charge in [0, 0.05) is 61.8 Å². The number of carbonyl (C=O) groups excluding carboxylic acids is 1. The van der Waals surface area contributed by atoms with Crippen molar-refractivity contribution < 1.29 is 31.1 Å². The first-order valence-corrected chi connectivity index (χ1v) is 15.4. The Labute approximate surface area is 235 Å². The van der Waals surface area contributed by atoms with Gasteiger partial charge in [0.2, 0.25) is 11.7 Å². The van der Waals surface area contributed by atoms with E-state index in [1.54, 1.807) is 6.07 Å². The number of anilines is 1. The maximum atomic E-state index is 13.5. The summed E-state index contributed by atoms with van der Waals surface area (Å²) in [5.74, 6) is -1.35. The van der Waals surface area contributed by atoms with Crippen molar-refractivity contribution >= 4 is 33.2 Å². The molecule has 0 bridgehead atoms. The second-order valence-electron chi connectivity index (χ2n) is 10.1. The second kappa shape index (κ2) is 11.7. The van der Waals surface area contributed by atoms with Crippen LogP contribution in [-0.4, -0.2) is 97.0 Å². The highest BCUT2D eigenvalue weighted by Gasteiger charge is 2.37. The van der Waals surface area contributed by atoms with Gasteiger partial charge in [0.25, 0.3) is 0 Å². The first-order chi connectivity index (χ1) is 19.0. The molecular formula is C25H30ClF3N6O4S. The van der Waals surface area contributed by atoms with Crippen LogP contribution in [0, 0.1) is 0 Å². The van der Waals surface area contributed by atoms with Crippen LogP contribution in [0.25, 0.3) is 0 Å². The Morgan fingerprint density at radius 1 is 1.12 bits per heavy atom. The van der Waals surface area contributed by atoms with E-state index < -0.39 is 39.2 Å². The molecule has 1 amide bonds. The van der Waals surface area contributed by atoms with E-state index >= 15 is 0 Å². The first kappa shape index (κ1) is 29.0. The lowest BCUT2D eigenvalue weighted by Gasteiger charge is -2.35. The zero-order valence-corrected chi connectivity index (χ0v) is 23.2. The second-order valence-corrected chi connectivity index (χ2v) is 13.0. The largest absolute Gasteiger partial charge is 0.451 e. The van der Waals surface area contributed by atoms with Crippen molar-refractivity contribution in [2.45, 2.75) is 36.4 Å². The number of pyridine rings is 1. The molecule has 0 saturated carbocycles. The van der Waals surface area contributed by atoms with Crippen molar-refractivity contribution in [1.29, 1.82) is 0 Å². The Balaban J connectivity index is 1.32. The number of alkyl halides is 4. The van der Waals surface area contributed by atoms with Crippen LogP contribution in [0.15, 0.2) is 24.5 Å². The third-order valence-electron chi connectivity index (χ3n) is 7.57. The molecule has 2 fully saturated rings. The molecule has 0 aromatic carbocycles. The van der Waals surface area contributed by atoms with Gasteiger partial charge in [0.1, 0.15) is 5.82 Å². The summed E-state index contributed by atoms with van der Waals surface area (Å²) in [6.07, 6.45) is -1.21. The Morgan fingerprint density at radius 2 is 1.80 bits per heavy atom. The van der Waals surface area contributed by atoms with Crippen molar-refractivity contribution in [1.82, 2.24) is 25.2 Å². The van der Waals surface area contributed by atoms with Crippen molar-refractivity contribution in [2.75, 3.05) is 62.3 Å². The van der Waals surface area contributed by atoms with Gasteiger partial charge in [0.15, 0.2) is 9.84 Å². The number of rotatable bonds is 6. The minimum absolute atomic E-state index is 0.0782. The molecule has 15 heteroatoms. The summed E-state index contributed by atoms with van der Waals surface area (Å²) in [6.45, 7) is 2.86. The number of amides is 1. The lowest BCUT2D eigenvalue weighted by molar-refractivity contribution is -0.145. The summed E-state index contributed by atoms with van der Waals surface area (Å²) < 4.78 is 68.0. The molecule has 2 aromatic rings. The van der Waals surface area contributed by atoms with Crippen molar-refractivity contribution in [3.8, 4) is 0 Å². The summed E-state index contributed by atoms with van der Waals surface area (Å²) in [5.41, 5.74) is 1.93. The zero-order valence-electron chi connectivity index (χ0n) is 21.6. The molecule has 40 heavy (non-hydrogen) atoms. The fraction of sp³-hybridized carbons (Fsp3) is 0.600. The van der Waals surface area contributed by atoms with Crippen LogP contribution in [0.2, 0.25) is 0 Å². The van der Waals surface area contributed by atoms with Crippen molar-refractivity contribution in [2.24, 2.45) is 0 Å². The Bertz CT molecular complexity index is 1310. The zero-order chi connectivity index (χ0) is 28.5. The van der Waals surface area contributed by atoms with Gasteiger partial charge < -0.3 is 15.0 Å². The lowest BCUT2D eigenvalue weighted by atomic mass is 9.84. The lowest BCUT2D eigenvalue weighted by Crippen LogP contribution is -2.45. The molecule has 2 aromatic heterocycles. The van der Waals surface area contributed by atoms with E-state index in [2.05, 4.69) is 15.3 Å². The van der Waals surface area contributed by atoms with Gasteiger partial charge in [-0.25, -0.2) is 23.4 Å². The molecule has 218 valence electrons. The van der Waals surface area contributed by atoms with Gasteiger partial charge in [0.05, 0.1) is 36.7 Å². The SMILES string of the molecule is O=C(NCC(c1cnc(C(F)(F)F)nc1)N1CCOCC1)C1c2ccc(N3CCS(=O)(=O)CC3)nc2CCC1Cl. The topological polar surface area (TPSA) is 118 Å². The number of aryl methyl sites for hydroxylation is 1. The minimum atomic E-state index is -4.65. The van der Waals surface area contributed by atoms with Gasteiger partial charge in [-0.05, 0) is 24.5 Å². The Kier molecular flexibility index (Phi) is 8.50. The van der Waals surface area contributed by atoms with Crippen LogP contribution in [0.1, 0.15) is 41.0 Å². The van der Waals surface area contributed by atoms with Crippen LogP contribution >= 0.6 is 11.6 Å². The number of morpholine rings is 1. The molecule has 1 N–H and O–H groups in total. The molecule has 5 rings (SSSR count). The summed E-state index contributed by atoms with van der Waals surface area (Å²) >= 11 is 6.65. The van der Waals surface area contributed by atoms with Gasteiger partial charge in [-0.3, -0.25) is 9.69 Å². The first-order valence-electron chi connectivity index (χ1n) is 13.1. The molecule has 3 aliphatic rings. The monoisotopic (exact) mass is 602 g/mol. The van der Waals surface area contributed by atoms with Crippen LogP contribution in [0.5, 0.6) is 0 Å². The molecule has 1 aliphatic carbocycles. The van der Waals surface area contributed by atoms with Gasteiger partial charge in [-0.2, -0.15) is 13.2 Å². The third-order valence-corrected chi connectivity index (χ3v) is 9.64. The van der Waals surface area contributed by atoms with E-state index in [4.69, 9.17) is 21.3 Å². The maximum absolute atomic E-state index is 13.5. The number of halogens is 4. The minimum Gasteiger partial charge on any atom is -0.379 e. The summed E-state index contributed by atoms with van der Waals surface area (Å²) in [6, 6.07) is 3.17. The number of nitrogens with zero attached hydrogens (tertiary/aromatic N) is 5. The molecule has 0 radical (unpaired) electrons. The number of ether oxygens (including phenoxy) is 1. The van der Waals surface area contributed by atoms with Crippen LogP contribution < -0.4 is 10.2 Å². The number of carbonyl (C=O) groups is 1. The van der Waals surface area contributed by atoms with E-state index in [1.165, 1.54) is 0 Å². The van der Waals surface area contributed by atoms with E-state index in [0.717, 1.165) is 23.7 Å². The van der Waals surface area contributed by atoms with Crippen LogP contribution in [-0.2, 0) is 32.0 Å². The fourth-order valence-electron chi connectivity index (χ4n) is 5.35. The highest BCUT2D eigenvalue weighted by molar-refractivity contribution is 7.91. The molecular weight excluding hydrogens is 573 g/mol. The van der Waals surface area contributed by atoms with E-state index in [0.29, 0.717) is 63.6 Å².